The third-order valence-corrected chi connectivity index (χ3v) is 5.09. The molecule has 2 atom stereocenters. The molecule has 0 radical (unpaired) electrons. The van der Waals surface area contributed by atoms with Crippen LogP contribution in [0.4, 0.5) is 0 Å². The third-order valence-electron chi connectivity index (χ3n) is 3.47. The Bertz CT molecular complexity index is 511. The SMILES string of the molecule is CCCNC(c1ccc(OCCC)cc1)C(C)S(C)(=O)=O. The predicted octanol–water partition coefficient (Wildman–Crippen LogP) is 2.95. The second-order valence-electron chi connectivity index (χ2n) is 5.38. The number of nitrogens with one attached hydrogen (secondary N) is 1. The minimum Gasteiger partial charge on any atom is -0.494 e. The second-order valence-corrected chi connectivity index (χ2v) is 7.79. The van der Waals surface area contributed by atoms with Crippen LogP contribution in [0.15, 0.2) is 24.3 Å². The van der Waals surface area contributed by atoms with Crippen molar-refractivity contribution in [1.29, 1.82) is 0 Å². The van der Waals surface area contributed by atoms with Crippen LogP contribution in [-0.2, 0) is 9.84 Å². The number of hydrogen-bond acceptors (Lipinski definition) is 4. The Morgan fingerprint density at radius 1 is 1.14 bits per heavy atom. The quantitative estimate of drug-likeness (QED) is 0.761. The van der Waals surface area contributed by atoms with Gasteiger partial charge < -0.3 is 10.1 Å². The molecule has 0 aliphatic rings. The molecule has 0 bridgehead atoms. The van der Waals surface area contributed by atoms with E-state index < -0.39 is 15.1 Å². The van der Waals surface area contributed by atoms with Crippen molar-refractivity contribution in [2.75, 3.05) is 19.4 Å². The van der Waals surface area contributed by atoms with Gasteiger partial charge in [-0.2, -0.15) is 0 Å². The highest BCUT2D eigenvalue weighted by Crippen LogP contribution is 2.24. The third kappa shape index (κ3) is 5.67. The zero-order valence-electron chi connectivity index (χ0n) is 13.4. The van der Waals surface area contributed by atoms with Crippen LogP contribution in [0, 0.1) is 0 Å². The summed E-state index contributed by atoms with van der Waals surface area (Å²) in [5.41, 5.74) is 0.977. The Balaban J connectivity index is 2.92. The minimum absolute atomic E-state index is 0.194. The first-order valence-corrected chi connectivity index (χ1v) is 9.50. The fraction of sp³-hybridized carbons (Fsp3) is 0.625. The highest BCUT2D eigenvalue weighted by atomic mass is 32.2. The maximum Gasteiger partial charge on any atom is 0.151 e. The number of sulfone groups is 1. The Morgan fingerprint density at radius 2 is 1.76 bits per heavy atom. The van der Waals surface area contributed by atoms with Crippen molar-refractivity contribution >= 4 is 9.84 Å². The van der Waals surface area contributed by atoms with Crippen molar-refractivity contribution in [3.8, 4) is 5.75 Å². The number of rotatable bonds is 9. The van der Waals surface area contributed by atoms with E-state index in [1.54, 1.807) is 6.92 Å². The molecule has 4 nitrogen and oxygen atoms in total. The van der Waals surface area contributed by atoms with E-state index in [0.29, 0.717) is 6.61 Å². The molecule has 0 fully saturated rings. The van der Waals surface area contributed by atoms with E-state index in [-0.39, 0.29) is 6.04 Å². The fourth-order valence-electron chi connectivity index (χ4n) is 2.09. The van der Waals surface area contributed by atoms with Crippen molar-refractivity contribution in [3.63, 3.8) is 0 Å². The molecule has 120 valence electrons. The molecule has 5 heteroatoms. The monoisotopic (exact) mass is 313 g/mol. The molecular formula is C16H27NO3S. The highest BCUT2D eigenvalue weighted by Gasteiger charge is 2.26. The van der Waals surface area contributed by atoms with E-state index in [1.165, 1.54) is 6.26 Å². The summed E-state index contributed by atoms with van der Waals surface area (Å²) >= 11 is 0. The first-order chi connectivity index (χ1) is 9.90. The minimum atomic E-state index is -3.10. The maximum absolute atomic E-state index is 11.9. The van der Waals surface area contributed by atoms with Gasteiger partial charge in [0.2, 0.25) is 0 Å². The van der Waals surface area contributed by atoms with Crippen LogP contribution in [0.3, 0.4) is 0 Å². The van der Waals surface area contributed by atoms with Crippen molar-refractivity contribution in [1.82, 2.24) is 5.32 Å². The van der Waals surface area contributed by atoms with Crippen molar-refractivity contribution < 1.29 is 13.2 Å². The summed E-state index contributed by atoms with van der Waals surface area (Å²) in [6.07, 6.45) is 3.22. The molecule has 1 rings (SSSR count). The number of benzene rings is 1. The number of ether oxygens (including phenoxy) is 1. The van der Waals surface area contributed by atoms with Gasteiger partial charge in [-0.05, 0) is 44.0 Å². The summed E-state index contributed by atoms with van der Waals surface area (Å²) in [5.74, 6) is 0.821. The highest BCUT2D eigenvalue weighted by molar-refractivity contribution is 7.91. The Hall–Kier alpha value is -1.07. The molecule has 21 heavy (non-hydrogen) atoms. The van der Waals surface area contributed by atoms with Crippen LogP contribution in [0.2, 0.25) is 0 Å². The van der Waals surface area contributed by atoms with E-state index in [9.17, 15) is 8.42 Å². The Kier molecular flexibility index (Phi) is 7.18. The molecule has 0 amide bonds. The summed E-state index contributed by atoms with van der Waals surface area (Å²) in [4.78, 5) is 0. The van der Waals surface area contributed by atoms with Gasteiger partial charge >= 0.3 is 0 Å². The van der Waals surface area contributed by atoms with Crippen LogP contribution in [0.25, 0.3) is 0 Å². The summed E-state index contributed by atoms with van der Waals surface area (Å²) in [6.45, 7) is 7.36. The zero-order valence-corrected chi connectivity index (χ0v) is 14.2. The smallest absolute Gasteiger partial charge is 0.151 e. The van der Waals surface area contributed by atoms with Crippen LogP contribution in [0.5, 0.6) is 5.75 Å². The van der Waals surface area contributed by atoms with Gasteiger partial charge in [-0.3, -0.25) is 0 Å². The lowest BCUT2D eigenvalue weighted by Crippen LogP contribution is -2.35. The molecule has 0 saturated carbocycles. The van der Waals surface area contributed by atoms with Gasteiger partial charge in [0.25, 0.3) is 0 Å². The van der Waals surface area contributed by atoms with E-state index in [4.69, 9.17) is 4.74 Å². The molecule has 1 aromatic rings. The first kappa shape index (κ1) is 18.0. The van der Waals surface area contributed by atoms with Crippen molar-refractivity contribution in [2.45, 2.75) is 44.9 Å². The average molecular weight is 313 g/mol. The molecule has 0 aromatic heterocycles. The molecule has 0 heterocycles. The largest absolute Gasteiger partial charge is 0.494 e. The van der Waals surface area contributed by atoms with Crippen LogP contribution in [0.1, 0.15) is 45.2 Å². The zero-order chi connectivity index (χ0) is 15.9. The summed E-state index contributed by atoms with van der Waals surface area (Å²) in [7, 11) is -3.10. The lowest BCUT2D eigenvalue weighted by atomic mass is 10.0. The average Bonchev–Trinajstić information content (AvgIpc) is 2.45. The standard InChI is InChI=1S/C16H27NO3S/c1-5-11-17-16(13(3)21(4,18)19)14-7-9-15(10-8-14)20-12-6-2/h7-10,13,16-17H,5-6,11-12H2,1-4H3. The molecule has 0 aliphatic heterocycles. The van der Waals surface area contributed by atoms with Crippen LogP contribution >= 0.6 is 0 Å². The first-order valence-electron chi connectivity index (χ1n) is 7.55. The topological polar surface area (TPSA) is 55.4 Å². The van der Waals surface area contributed by atoms with E-state index in [1.807, 2.05) is 24.3 Å². The molecule has 1 N–H and O–H groups in total. The van der Waals surface area contributed by atoms with Crippen LogP contribution < -0.4 is 10.1 Å². The molecular weight excluding hydrogens is 286 g/mol. The molecule has 1 aromatic carbocycles. The lowest BCUT2D eigenvalue weighted by molar-refractivity contribution is 0.317. The Morgan fingerprint density at radius 3 is 2.24 bits per heavy atom. The molecule has 0 spiro atoms. The van der Waals surface area contributed by atoms with Gasteiger partial charge in [0.1, 0.15) is 5.75 Å². The fourth-order valence-corrected chi connectivity index (χ4v) is 2.84. The number of hydrogen-bond donors (Lipinski definition) is 1. The maximum atomic E-state index is 11.9. The van der Waals surface area contributed by atoms with Gasteiger partial charge in [-0.15, -0.1) is 0 Å². The van der Waals surface area contributed by atoms with Gasteiger partial charge in [0.15, 0.2) is 9.84 Å². The molecule has 2 unspecified atom stereocenters. The van der Waals surface area contributed by atoms with E-state index in [2.05, 4.69) is 19.2 Å². The van der Waals surface area contributed by atoms with Gasteiger partial charge in [0.05, 0.1) is 11.9 Å². The summed E-state index contributed by atoms with van der Waals surface area (Å²) < 4.78 is 29.3. The molecule has 0 aliphatic carbocycles. The lowest BCUT2D eigenvalue weighted by Gasteiger charge is -2.24. The Labute approximate surface area is 128 Å². The van der Waals surface area contributed by atoms with Crippen LogP contribution in [-0.4, -0.2) is 33.1 Å². The van der Waals surface area contributed by atoms with Gasteiger partial charge in [-0.25, -0.2) is 8.42 Å². The van der Waals surface area contributed by atoms with Gasteiger partial charge in [0, 0.05) is 12.3 Å². The van der Waals surface area contributed by atoms with Crippen molar-refractivity contribution in [3.05, 3.63) is 29.8 Å². The normalized spacial score (nSPS) is 14.7. The predicted molar refractivity (Wildman–Crippen MR) is 87.6 cm³/mol. The molecule has 0 saturated heterocycles. The summed E-state index contributed by atoms with van der Waals surface area (Å²) in [6, 6.07) is 7.50. The van der Waals surface area contributed by atoms with Crippen molar-refractivity contribution in [2.24, 2.45) is 0 Å². The summed E-state index contributed by atoms with van der Waals surface area (Å²) in [5, 5.41) is 2.87. The van der Waals surface area contributed by atoms with Gasteiger partial charge in [-0.1, -0.05) is 26.0 Å². The van der Waals surface area contributed by atoms with E-state index >= 15 is 0 Å². The second kappa shape index (κ2) is 8.39. The van der Waals surface area contributed by atoms with E-state index in [0.717, 1.165) is 30.7 Å².